The van der Waals surface area contributed by atoms with E-state index in [1.54, 1.807) is 23.5 Å². The SMILES string of the molecule is COC(=O)c1ccc(OCC(=O)NC(=O)NCCc2cccs2)cc1. The van der Waals surface area contributed by atoms with Gasteiger partial charge in [-0.05, 0) is 42.1 Å². The van der Waals surface area contributed by atoms with Crippen LogP contribution in [-0.4, -0.2) is 38.2 Å². The number of hydrogen-bond acceptors (Lipinski definition) is 6. The quantitative estimate of drug-likeness (QED) is 0.735. The third kappa shape index (κ3) is 6.27. The molecule has 1 aromatic carbocycles. The molecule has 0 saturated carbocycles. The minimum absolute atomic E-state index is 0.310. The van der Waals surface area contributed by atoms with E-state index in [2.05, 4.69) is 15.4 Å². The Morgan fingerprint density at radius 1 is 1.12 bits per heavy atom. The van der Waals surface area contributed by atoms with E-state index in [1.165, 1.54) is 19.2 Å². The number of rotatable bonds is 7. The van der Waals surface area contributed by atoms with Crippen molar-refractivity contribution in [3.05, 3.63) is 52.2 Å². The number of esters is 1. The van der Waals surface area contributed by atoms with E-state index in [1.807, 2.05) is 17.5 Å². The molecule has 2 rings (SSSR count). The summed E-state index contributed by atoms with van der Waals surface area (Å²) in [6, 6.07) is 9.49. The van der Waals surface area contributed by atoms with Gasteiger partial charge < -0.3 is 14.8 Å². The van der Waals surface area contributed by atoms with Gasteiger partial charge in [0.2, 0.25) is 0 Å². The first kappa shape index (κ1) is 18.5. The molecule has 0 aliphatic carbocycles. The Bertz CT molecular complexity index is 713. The largest absolute Gasteiger partial charge is 0.484 e. The summed E-state index contributed by atoms with van der Waals surface area (Å²) < 4.78 is 9.84. The van der Waals surface area contributed by atoms with Crippen molar-refractivity contribution < 1.29 is 23.9 Å². The van der Waals surface area contributed by atoms with E-state index in [-0.39, 0.29) is 6.61 Å². The van der Waals surface area contributed by atoms with Gasteiger partial charge >= 0.3 is 12.0 Å². The van der Waals surface area contributed by atoms with Crippen LogP contribution in [0.15, 0.2) is 41.8 Å². The fraction of sp³-hybridized carbons (Fsp3) is 0.235. The molecular weight excluding hydrogens is 344 g/mol. The lowest BCUT2D eigenvalue weighted by molar-refractivity contribution is -0.122. The number of methoxy groups -OCH3 is 1. The van der Waals surface area contributed by atoms with E-state index >= 15 is 0 Å². The predicted molar refractivity (Wildman–Crippen MR) is 92.8 cm³/mol. The number of carbonyl (C=O) groups excluding carboxylic acids is 3. The molecule has 2 aromatic rings. The molecule has 3 amide bonds. The smallest absolute Gasteiger partial charge is 0.337 e. The minimum atomic E-state index is -0.564. The molecule has 0 unspecified atom stereocenters. The Morgan fingerprint density at radius 2 is 1.88 bits per heavy atom. The second-order valence-corrected chi connectivity index (χ2v) is 5.97. The van der Waals surface area contributed by atoms with Gasteiger partial charge in [0.15, 0.2) is 6.61 Å². The van der Waals surface area contributed by atoms with Crippen LogP contribution in [0.2, 0.25) is 0 Å². The van der Waals surface area contributed by atoms with Crippen LogP contribution in [0.5, 0.6) is 5.75 Å². The Labute approximate surface area is 148 Å². The van der Waals surface area contributed by atoms with Gasteiger partial charge in [-0.15, -0.1) is 11.3 Å². The molecule has 1 heterocycles. The highest BCUT2D eigenvalue weighted by molar-refractivity contribution is 7.09. The van der Waals surface area contributed by atoms with E-state index in [0.717, 1.165) is 4.88 Å². The maximum atomic E-state index is 11.7. The first-order valence-corrected chi connectivity index (χ1v) is 8.37. The van der Waals surface area contributed by atoms with Gasteiger partial charge in [0.1, 0.15) is 5.75 Å². The second-order valence-electron chi connectivity index (χ2n) is 4.94. The topological polar surface area (TPSA) is 93.7 Å². The highest BCUT2D eigenvalue weighted by atomic mass is 32.1. The first-order valence-electron chi connectivity index (χ1n) is 7.49. The predicted octanol–water partition coefficient (Wildman–Crippen LogP) is 1.98. The number of imide groups is 1. The summed E-state index contributed by atoms with van der Waals surface area (Å²) in [6.07, 6.45) is 0.711. The average Bonchev–Trinajstić information content (AvgIpc) is 3.13. The van der Waals surface area contributed by atoms with E-state index in [9.17, 15) is 14.4 Å². The second kappa shape index (κ2) is 9.43. The van der Waals surface area contributed by atoms with Crippen LogP contribution in [-0.2, 0) is 16.0 Å². The Balaban J connectivity index is 1.67. The monoisotopic (exact) mass is 362 g/mol. The van der Waals surface area contributed by atoms with Crippen molar-refractivity contribution >= 4 is 29.2 Å². The van der Waals surface area contributed by atoms with Crippen LogP contribution in [0.25, 0.3) is 0 Å². The average molecular weight is 362 g/mol. The molecular formula is C17H18N2O5S. The first-order chi connectivity index (χ1) is 12.1. The van der Waals surface area contributed by atoms with E-state index in [0.29, 0.717) is 24.3 Å². The van der Waals surface area contributed by atoms with Crippen molar-refractivity contribution in [3.8, 4) is 5.75 Å². The molecule has 0 saturated heterocycles. The van der Waals surface area contributed by atoms with Crippen molar-refractivity contribution in [1.29, 1.82) is 0 Å². The Kier molecular flexibility index (Phi) is 6.97. The maximum Gasteiger partial charge on any atom is 0.337 e. The van der Waals surface area contributed by atoms with Gasteiger partial charge in [-0.1, -0.05) is 6.07 Å². The molecule has 0 atom stereocenters. The van der Waals surface area contributed by atoms with E-state index < -0.39 is 17.9 Å². The number of urea groups is 1. The van der Waals surface area contributed by atoms with Gasteiger partial charge in [-0.25, -0.2) is 9.59 Å². The summed E-state index contributed by atoms with van der Waals surface area (Å²) in [5.74, 6) is -0.616. The summed E-state index contributed by atoms with van der Waals surface area (Å²) in [5.41, 5.74) is 0.379. The van der Waals surface area contributed by atoms with Gasteiger partial charge in [-0.2, -0.15) is 0 Å². The summed E-state index contributed by atoms with van der Waals surface area (Å²) in [7, 11) is 1.29. The number of ether oxygens (including phenoxy) is 2. The Morgan fingerprint density at radius 3 is 2.52 bits per heavy atom. The maximum absolute atomic E-state index is 11.7. The lowest BCUT2D eigenvalue weighted by Crippen LogP contribution is -2.42. The number of thiophene rings is 1. The number of hydrogen-bond donors (Lipinski definition) is 2. The third-order valence-corrected chi connectivity index (χ3v) is 4.07. The summed E-state index contributed by atoms with van der Waals surface area (Å²) >= 11 is 1.61. The normalized spacial score (nSPS) is 9.96. The molecule has 0 spiro atoms. The number of amides is 3. The van der Waals surface area contributed by atoms with Crippen LogP contribution >= 0.6 is 11.3 Å². The standard InChI is InChI=1S/C17H18N2O5S/c1-23-16(21)12-4-6-13(7-5-12)24-11-15(20)19-17(22)18-9-8-14-3-2-10-25-14/h2-7,10H,8-9,11H2,1H3,(H2,18,19,20,22). The third-order valence-electron chi connectivity index (χ3n) is 3.14. The lowest BCUT2D eigenvalue weighted by Gasteiger charge is -2.08. The molecule has 0 aliphatic heterocycles. The molecule has 7 nitrogen and oxygen atoms in total. The highest BCUT2D eigenvalue weighted by Crippen LogP contribution is 2.12. The van der Waals surface area contributed by atoms with Crippen molar-refractivity contribution in [1.82, 2.24) is 10.6 Å². The molecule has 8 heteroatoms. The van der Waals surface area contributed by atoms with Crippen molar-refractivity contribution in [2.45, 2.75) is 6.42 Å². The lowest BCUT2D eigenvalue weighted by atomic mass is 10.2. The van der Waals surface area contributed by atoms with Gasteiger partial charge in [0.25, 0.3) is 5.91 Å². The van der Waals surface area contributed by atoms with Crippen LogP contribution in [0.4, 0.5) is 4.79 Å². The molecule has 2 N–H and O–H groups in total. The van der Waals surface area contributed by atoms with Crippen molar-refractivity contribution in [2.75, 3.05) is 20.3 Å². The van der Waals surface area contributed by atoms with E-state index in [4.69, 9.17) is 4.74 Å². The molecule has 0 fully saturated rings. The molecule has 0 bridgehead atoms. The Hall–Kier alpha value is -2.87. The van der Waals surface area contributed by atoms with Crippen LogP contribution in [0.3, 0.4) is 0 Å². The zero-order valence-corrected chi connectivity index (χ0v) is 14.4. The number of carbonyl (C=O) groups is 3. The summed E-state index contributed by atoms with van der Waals surface area (Å²) in [4.78, 5) is 35.7. The van der Waals surface area contributed by atoms with Gasteiger partial charge in [0, 0.05) is 11.4 Å². The molecule has 132 valence electrons. The van der Waals surface area contributed by atoms with Gasteiger partial charge in [-0.3, -0.25) is 10.1 Å². The summed E-state index contributed by atoms with van der Waals surface area (Å²) in [6.45, 7) is 0.130. The number of nitrogens with one attached hydrogen (secondary N) is 2. The highest BCUT2D eigenvalue weighted by Gasteiger charge is 2.09. The molecule has 0 radical (unpaired) electrons. The van der Waals surface area contributed by atoms with Crippen molar-refractivity contribution in [3.63, 3.8) is 0 Å². The molecule has 1 aromatic heterocycles. The molecule has 25 heavy (non-hydrogen) atoms. The zero-order valence-electron chi connectivity index (χ0n) is 13.6. The van der Waals surface area contributed by atoms with Gasteiger partial charge in [0.05, 0.1) is 12.7 Å². The van der Waals surface area contributed by atoms with Crippen LogP contribution in [0, 0.1) is 0 Å². The fourth-order valence-electron chi connectivity index (χ4n) is 1.91. The summed E-state index contributed by atoms with van der Waals surface area (Å²) in [5, 5.41) is 6.76. The minimum Gasteiger partial charge on any atom is -0.484 e. The van der Waals surface area contributed by atoms with Crippen LogP contribution < -0.4 is 15.4 Å². The van der Waals surface area contributed by atoms with Crippen molar-refractivity contribution in [2.24, 2.45) is 0 Å². The molecule has 0 aliphatic rings. The zero-order chi connectivity index (χ0) is 18.1. The fourth-order valence-corrected chi connectivity index (χ4v) is 2.62. The van der Waals surface area contributed by atoms with Crippen LogP contribution in [0.1, 0.15) is 15.2 Å². The number of benzene rings is 1.